The van der Waals surface area contributed by atoms with Crippen molar-refractivity contribution in [1.29, 1.82) is 0 Å². The first kappa shape index (κ1) is 29.6. The molecule has 0 aliphatic carbocycles. The summed E-state index contributed by atoms with van der Waals surface area (Å²) in [5.74, 6) is -0.163. The summed E-state index contributed by atoms with van der Waals surface area (Å²) < 4.78 is 5.64. The lowest BCUT2D eigenvalue weighted by Gasteiger charge is -2.21. The molecule has 1 unspecified atom stereocenters. The standard InChI is InChI=1S/C20H18N2O3.C13H8Cl2N2O/c1-20(25,15-8-3-2-4-9-15)19(24)22-21-13-17-16-10-6-5-7-14(16)11-12-18(17)23;14-7-1-3-10(15)9(5-7)13-17-11-6-8(16)2-4-12(11)18-13/h2-13,23,25H,1H3,(H,22,24);1-6H,16H2/b21-13-;. The number of halogens is 2. The summed E-state index contributed by atoms with van der Waals surface area (Å²) in [5.41, 5.74) is 9.95. The van der Waals surface area contributed by atoms with Gasteiger partial charge in [0, 0.05) is 16.3 Å². The number of aromatic hydroxyl groups is 1. The molecule has 0 aliphatic heterocycles. The minimum absolute atomic E-state index is 0.0616. The number of hydrazone groups is 1. The van der Waals surface area contributed by atoms with Gasteiger partial charge in [-0.25, -0.2) is 10.4 Å². The molecule has 0 saturated carbocycles. The molecule has 0 bridgehead atoms. The number of hydrogen-bond donors (Lipinski definition) is 4. The third-order valence-corrected chi connectivity index (χ3v) is 7.22. The van der Waals surface area contributed by atoms with Crippen LogP contribution in [0.5, 0.6) is 5.75 Å². The van der Waals surface area contributed by atoms with Crippen LogP contribution in [0.15, 0.2) is 113 Å². The fourth-order valence-corrected chi connectivity index (χ4v) is 4.67. The lowest BCUT2D eigenvalue weighted by atomic mass is 9.95. The second kappa shape index (κ2) is 12.5. The van der Waals surface area contributed by atoms with Crippen molar-refractivity contribution in [1.82, 2.24) is 10.4 Å². The van der Waals surface area contributed by atoms with Crippen molar-refractivity contribution < 1.29 is 19.4 Å². The van der Waals surface area contributed by atoms with Crippen molar-refractivity contribution in [3.63, 3.8) is 0 Å². The Morgan fingerprint density at radius 2 is 1.72 bits per heavy atom. The number of carbonyl (C=O) groups is 1. The van der Waals surface area contributed by atoms with Crippen molar-refractivity contribution in [2.45, 2.75) is 12.5 Å². The highest BCUT2D eigenvalue weighted by molar-refractivity contribution is 6.35. The first-order valence-electron chi connectivity index (χ1n) is 13.1. The van der Waals surface area contributed by atoms with Crippen LogP contribution in [0.25, 0.3) is 33.3 Å². The summed E-state index contributed by atoms with van der Waals surface area (Å²) in [6.45, 7) is 1.41. The van der Waals surface area contributed by atoms with Gasteiger partial charge in [0.2, 0.25) is 5.89 Å². The Bertz CT molecular complexity index is 1960. The number of anilines is 1. The highest BCUT2D eigenvalue weighted by Gasteiger charge is 2.32. The topological polar surface area (TPSA) is 134 Å². The number of nitrogens with zero attached hydrogens (tertiary/aromatic N) is 2. The molecular weight excluding hydrogens is 587 g/mol. The maximum Gasteiger partial charge on any atom is 0.276 e. The number of aromatic nitrogens is 1. The Labute approximate surface area is 257 Å². The van der Waals surface area contributed by atoms with E-state index < -0.39 is 11.5 Å². The molecule has 43 heavy (non-hydrogen) atoms. The number of aliphatic hydroxyl groups is 1. The van der Waals surface area contributed by atoms with E-state index in [1.807, 2.05) is 24.3 Å². The first-order chi connectivity index (χ1) is 20.6. The van der Waals surface area contributed by atoms with Crippen molar-refractivity contribution in [2.24, 2.45) is 5.10 Å². The normalized spacial score (nSPS) is 12.6. The summed E-state index contributed by atoms with van der Waals surface area (Å²) in [7, 11) is 0. The molecule has 6 rings (SSSR count). The number of benzene rings is 5. The van der Waals surface area contributed by atoms with E-state index in [9.17, 15) is 15.0 Å². The number of oxazole rings is 1. The second-order valence-electron chi connectivity index (χ2n) is 9.73. The quantitative estimate of drug-likeness (QED) is 0.0917. The van der Waals surface area contributed by atoms with Gasteiger partial charge in [0.25, 0.3) is 5.91 Å². The smallest absolute Gasteiger partial charge is 0.276 e. The molecular formula is C33H26Cl2N4O4. The van der Waals surface area contributed by atoms with E-state index in [4.69, 9.17) is 33.4 Å². The van der Waals surface area contributed by atoms with Crippen LogP contribution >= 0.6 is 23.2 Å². The van der Waals surface area contributed by atoms with Gasteiger partial charge >= 0.3 is 0 Å². The zero-order valence-corrected chi connectivity index (χ0v) is 24.3. The van der Waals surface area contributed by atoms with E-state index >= 15 is 0 Å². The van der Waals surface area contributed by atoms with Crippen LogP contribution in [-0.2, 0) is 10.4 Å². The van der Waals surface area contributed by atoms with Crippen LogP contribution in [-0.4, -0.2) is 27.3 Å². The molecule has 1 atom stereocenters. The molecule has 1 heterocycles. The average Bonchev–Trinajstić information content (AvgIpc) is 3.43. The van der Waals surface area contributed by atoms with Crippen molar-refractivity contribution in [3.8, 4) is 17.2 Å². The summed E-state index contributed by atoms with van der Waals surface area (Å²) in [6.07, 6.45) is 1.37. The van der Waals surface area contributed by atoms with Gasteiger partial charge in [-0.3, -0.25) is 4.79 Å². The number of amides is 1. The van der Waals surface area contributed by atoms with Gasteiger partial charge in [-0.1, -0.05) is 83.9 Å². The number of rotatable bonds is 5. The van der Waals surface area contributed by atoms with Gasteiger partial charge in [0.15, 0.2) is 11.2 Å². The number of nitrogens with two attached hydrogens (primary N) is 1. The molecule has 8 nitrogen and oxygen atoms in total. The predicted octanol–water partition coefficient (Wildman–Crippen LogP) is 7.29. The van der Waals surface area contributed by atoms with Gasteiger partial charge in [-0.2, -0.15) is 5.10 Å². The Morgan fingerprint density at radius 3 is 2.51 bits per heavy atom. The molecule has 216 valence electrons. The summed E-state index contributed by atoms with van der Waals surface area (Å²) >= 11 is 12.0. The van der Waals surface area contributed by atoms with Crippen molar-refractivity contribution in [2.75, 3.05) is 5.73 Å². The monoisotopic (exact) mass is 612 g/mol. The molecule has 10 heteroatoms. The predicted molar refractivity (Wildman–Crippen MR) is 171 cm³/mol. The maximum atomic E-state index is 12.3. The van der Waals surface area contributed by atoms with Gasteiger partial charge in [-0.05, 0) is 65.7 Å². The van der Waals surface area contributed by atoms with Gasteiger partial charge in [-0.15, -0.1) is 0 Å². The molecule has 0 radical (unpaired) electrons. The largest absolute Gasteiger partial charge is 0.507 e. The Hall–Kier alpha value is -4.89. The fourth-order valence-electron chi connectivity index (χ4n) is 4.30. The molecule has 1 amide bonds. The van der Waals surface area contributed by atoms with Crippen LogP contribution in [0.3, 0.4) is 0 Å². The van der Waals surface area contributed by atoms with E-state index in [-0.39, 0.29) is 5.75 Å². The highest BCUT2D eigenvalue weighted by Crippen LogP contribution is 2.32. The SMILES string of the molecule is CC(O)(C(=O)N/N=C\c1c(O)ccc2ccccc12)c1ccccc1.Nc1ccc2oc(-c3cc(Cl)ccc3Cl)nc2c1. The Morgan fingerprint density at radius 1 is 0.977 bits per heavy atom. The van der Waals surface area contributed by atoms with Crippen molar-refractivity contribution in [3.05, 3.63) is 124 Å². The van der Waals surface area contributed by atoms with Crippen LogP contribution < -0.4 is 11.2 Å². The van der Waals surface area contributed by atoms with E-state index in [1.165, 1.54) is 13.1 Å². The number of nitrogens with one attached hydrogen (secondary N) is 1. The van der Waals surface area contributed by atoms with E-state index in [1.54, 1.807) is 78.9 Å². The molecule has 0 aliphatic rings. The highest BCUT2D eigenvalue weighted by atomic mass is 35.5. The lowest BCUT2D eigenvalue weighted by molar-refractivity contribution is -0.138. The summed E-state index contributed by atoms with van der Waals surface area (Å²) in [4.78, 5) is 16.6. The molecule has 5 aromatic carbocycles. The number of phenolic OH excluding ortho intramolecular Hbond substituents is 1. The van der Waals surface area contributed by atoms with Gasteiger partial charge in [0.1, 0.15) is 11.3 Å². The van der Waals surface area contributed by atoms with Crippen molar-refractivity contribution >= 4 is 62.9 Å². The molecule has 1 aromatic heterocycles. The number of carbonyl (C=O) groups excluding carboxylic acids is 1. The summed E-state index contributed by atoms with van der Waals surface area (Å²) in [6, 6.07) is 30.0. The second-order valence-corrected chi connectivity index (χ2v) is 10.6. The van der Waals surface area contributed by atoms with Crippen LogP contribution in [0.1, 0.15) is 18.1 Å². The molecule has 0 spiro atoms. The van der Waals surface area contributed by atoms with E-state index in [0.717, 1.165) is 10.8 Å². The third kappa shape index (κ3) is 6.62. The molecule has 0 saturated heterocycles. The third-order valence-electron chi connectivity index (χ3n) is 6.66. The number of hydrogen-bond acceptors (Lipinski definition) is 7. The first-order valence-corrected chi connectivity index (χ1v) is 13.8. The number of phenols is 1. The lowest BCUT2D eigenvalue weighted by Crippen LogP contribution is -2.40. The number of fused-ring (bicyclic) bond motifs is 2. The van der Waals surface area contributed by atoms with Gasteiger partial charge in [0.05, 0.1) is 16.8 Å². The zero-order chi connectivity index (χ0) is 30.6. The van der Waals surface area contributed by atoms with Crippen LogP contribution in [0.4, 0.5) is 5.69 Å². The Kier molecular flexibility index (Phi) is 8.63. The average molecular weight is 614 g/mol. The molecule has 6 aromatic rings. The zero-order valence-electron chi connectivity index (χ0n) is 22.8. The Balaban J connectivity index is 0.000000180. The minimum Gasteiger partial charge on any atom is -0.507 e. The van der Waals surface area contributed by atoms with Crippen LogP contribution in [0, 0.1) is 0 Å². The minimum atomic E-state index is -1.71. The summed E-state index contributed by atoms with van der Waals surface area (Å²) in [5, 5.41) is 27.3. The van der Waals surface area contributed by atoms with E-state index in [2.05, 4.69) is 15.5 Å². The molecule has 5 N–H and O–H groups in total. The number of nitrogen functional groups attached to an aromatic ring is 1. The fraction of sp³-hybridized carbons (Fsp3) is 0.0606. The van der Waals surface area contributed by atoms with E-state index in [0.29, 0.717) is 49.4 Å². The van der Waals surface area contributed by atoms with Gasteiger partial charge < -0.3 is 20.4 Å². The molecule has 0 fully saturated rings. The van der Waals surface area contributed by atoms with Crippen LogP contribution in [0.2, 0.25) is 10.0 Å². The maximum absolute atomic E-state index is 12.3.